The zero-order valence-corrected chi connectivity index (χ0v) is 10.5. The second-order valence-corrected chi connectivity index (χ2v) is 4.50. The van der Waals surface area contributed by atoms with Crippen LogP contribution in [0.1, 0.15) is 17.2 Å². The highest BCUT2D eigenvalue weighted by Gasteiger charge is 2.15. The number of halogens is 2. The van der Waals surface area contributed by atoms with Gasteiger partial charge >= 0.3 is 0 Å². The van der Waals surface area contributed by atoms with Crippen LogP contribution in [0.4, 0.5) is 10.1 Å². The Morgan fingerprint density at radius 2 is 2.00 bits per heavy atom. The number of nitrogens with zero attached hydrogens (tertiary/aromatic N) is 1. The van der Waals surface area contributed by atoms with Crippen molar-refractivity contribution in [2.45, 2.75) is 6.04 Å². The van der Waals surface area contributed by atoms with Crippen molar-refractivity contribution in [1.82, 2.24) is 4.98 Å². The monoisotopic (exact) mass is 295 g/mol. The van der Waals surface area contributed by atoms with E-state index in [1.54, 1.807) is 24.5 Å². The highest BCUT2D eigenvalue weighted by atomic mass is 79.9. The lowest BCUT2D eigenvalue weighted by Crippen LogP contribution is -2.14. The lowest BCUT2D eigenvalue weighted by atomic mass is 10.00. The molecule has 1 atom stereocenters. The van der Waals surface area contributed by atoms with Gasteiger partial charge in [-0.2, -0.15) is 0 Å². The van der Waals surface area contributed by atoms with E-state index in [2.05, 4.69) is 20.9 Å². The van der Waals surface area contributed by atoms with Gasteiger partial charge in [0.2, 0.25) is 0 Å². The molecule has 0 fully saturated rings. The third-order valence-corrected chi connectivity index (χ3v) is 3.21. The van der Waals surface area contributed by atoms with E-state index in [0.29, 0.717) is 10.2 Å². The van der Waals surface area contributed by atoms with E-state index in [1.807, 2.05) is 0 Å². The van der Waals surface area contributed by atoms with Gasteiger partial charge in [-0.1, -0.05) is 22.0 Å². The number of hydrogen-bond acceptors (Lipinski definition) is 3. The maximum absolute atomic E-state index is 13.0. The number of nitrogen functional groups attached to an aromatic ring is 1. The summed E-state index contributed by atoms with van der Waals surface area (Å²) in [6.45, 7) is 0. The summed E-state index contributed by atoms with van der Waals surface area (Å²) in [6.07, 6.45) is 3.22. The van der Waals surface area contributed by atoms with Crippen LogP contribution in [0.15, 0.2) is 41.1 Å². The Labute approximate surface area is 107 Å². The van der Waals surface area contributed by atoms with E-state index in [4.69, 9.17) is 11.5 Å². The van der Waals surface area contributed by atoms with Crippen LogP contribution in [0.25, 0.3) is 0 Å². The van der Waals surface area contributed by atoms with Crippen molar-refractivity contribution < 1.29 is 4.39 Å². The maximum Gasteiger partial charge on any atom is 0.124 e. The summed E-state index contributed by atoms with van der Waals surface area (Å²) in [4.78, 5) is 3.99. The van der Waals surface area contributed by atoms with Gasteiger partial charge in [-0.05, 0) is 23.8 Å². The molecule has 4 N–H and O–H groups in total. The molecule has 17 heavy (non-hydrogen) atoms. The largest absolute Gasteiger partial charge is 0.398 e. The molecule has 2 rings (SSSR count). The Morgan fingerprint density at radius 3 is 2.65 bits per heavy atom. The summed E-state index contributed by atoms with van der Waals surface area (Å²) in [5.41, 5.74) is 14.0. The first-order chi connectivity index (χ1) is 8.09. The topological polar surface area (TPSA) is 64.9 Å². The van der Waals surface area contributed by atoms with Crippen molar-refractivity contribution in [3.63, 3.8) is 0 Å². The normalized spacial score (nSPS) is 12.4. The van der Waals surface area contributed by atoms with Gasteiger partial charge in [0, 0.05) is 28.1 Å². The second-order valence-electron chi connectivity index (χ2n) is 3.65. The molecule has 0 aliphatic heterocycles. The van der Waals surface area contributed by atoms with Crippen LogP contribution in [0.3, 0.4) is 0 Å². The predicted molar refractivity (Wildman–Crippen MR) is 68.8 cm³/mol. The number of pyridine rings is 1. The number of aromatic nitrogens is 1. The molecule has 0 saturated carbocycles. The molecule has 1 aromatic carbocycles. The third-order valence-electron chi connectivity index (χ3n) is 2.52. The Morgan fingerprint density at radius 1 is 1.24 bits per heavy atom. The SMILES string of the molecule is Nc1ccncc1C(N)c1ccc(F)cc1Br. The number of rotatable bonds is 2. The number of nitrogens with two attached hydrogens (primary N) is 2. The van der Waals surface area contributed by atoms with E-state index < -0.39 is 6.04 Å². The molecule has 1 heterocycles. The molecule has 0 amide bonds. The van der Waals surface area contributed by atoms with Crippen LogP contribution in [-0.2, 0) is 0 Å². The molecular formula is C12H11BrFN3. The first-order valence-corrected chi connectivity index (χ1v) is 5.79. The minimum atomic E-state index is -0.432. The molecule has 88 valence electrons. The first kappa shape index (κ1) is 12.0. The predicted octanol–water partition coefficient (Wildman–Crippen LogP) is 2.61. The Bertz CT molecular complexity index is 545. The van der Waals surface area contributed by atoms with Gasteiger partial charge in [0.15, 0.2) is 0 Å². The van der Waals surface area contributed by atoms with E-state index in [-0.39, 0.29) is 5.82 Å². The number of hydrogen-bond donors (Lipinski definition) is 2. The molecule has 0 radical (unpaired) electrons. The third kappa shape index (κ3) is 2.45. The van der Waals surface area contributed by atoms with Crippen LogP contribution >= 0.6 is 15.9 Å². The summed E-state index contributed by atoms with van der Waals surface area (Å²) in [6, 6.07) is 5.64. The smallest absolute Gasteiger partial charge is 0.124 e. The van der Waals surface area contributed by atoms with Crippen LogP contribution < -0.4 is 11.5 Å². The molecule has 0 bridgehead atoms. The van der Waals surface area contributed by atoms with Crippen molar-refractivity contribution in [2.75, 3.05) is 5.73 Å². The van der Waals surface area contributed by atoms with Gasteiger partial charge in [-0.15, -0.1) is 0 Å². The molecule has 5 heteroatoms. The fraction of sp³-hybridized carbons (Fsp3) is 0.0833. The van der Waals surface area contributed by atoms with E-state index in [9.17, 15) is 4.39 Å². The minimum Gasteiger partial charge on any atom is -0.398 e. The molecule has 0 aliphatic carbocycles. The van der Waals surface area contributed by atoms with Gasteiger partial charge in [-0.25, -0.2) is 4.39 Å². The Kier molecular flexibility index (Phi) is 3.40. The molecular weight excluding hydrogens is 285 g/mol. The molecule has 3 nitrogen and oxygen atoms in total. The molecule has 2 aromatic rings. The van der Waals surface area contributed by atoms with Crippen molar-refractivity contribution >= 4 is 21.6 Å². The van der Waals surface area contributed by atoms with Crippen LogP contribution in [0.2, 0.25) is 0 Å². The summed E-state index contributed by atoms with van der Waals surface area (Å²) >= 11 is 3.29. The van der Waals surface area contributed by atoms with Gasteiger partial charge < -0.3 is 11.5 Å². The summed E-state index contributed by atoms with van der Waals surface area (Å²) in [5, 5.41) is 0. The van der Waals surface area contributed by atoms with E-state index in [1.165, 1.54) is 12.1 Å². The maximum atomic E-state index is 13.0. The average molecular weight is 296 g/mol. The number of anilines is 1. The molecule has 0 saturated heterocycles. The molecule has 1 aromatic heterocycles. The number of benzene rings is 1. The first-order valence-electron chi connectivity index (χ1n) is 4.99. The molecule has 0 spiro atoms. The van der Waals surface area contributed by atoms with E-state index >= 15 is 0 Å². The summed E-state index contributed by atoms with van der Waals surface area (Å²) < 4.78 is 13.6. The summed E-state index contributed by atoms with van der Waals surface area (Å²) in [7, 11) is 0. The summed E-state index contributed by atoms with van der Waals surface area (Å²) in [5.74, 6) is -0.313. The van der Waals surface area contributed by atoms with Gasteiger partial charge in [0.25, 0.3) is 0 Å². The highest BCUT2D eigenvalue weighted by molar-refractivity contribution is 9.10. The Balaban J connectivity index is 2.44. The average Bonchev–Trinajstić information content (AvgIpc) is 2.29. The highest BCUT2D eigenvalue weighted by Crippen LogP contribution is 2.29. The van der Waals surface area contributed by atoms with Gasteiger partial charge in [0.05, 0.1) is 6.04 Å². The van der Waals surface area contributed by atoms with E-state index in [0.717, 1.165) is 11.1 Å². The standard InChI is InChI=1S/C12H11BrFN3/c13-10-5-7(14)1-2-8(10)12(16)9-6-17-4-3-11(9)15/h1-6,12H,16H2,(H2,15,17). The lowest BCUT2D eigenvalue weighted by molar-refractivity contribution is 0.625. The fourth-order valence-electron chi connectivity index (χ4n) is 1.60. The van der Waals surface area contributed by atoms with Crippen LogP contribution in [-0.4, -0.2) is 4.98 Å². The van der Waals surface area contributed by atoms with Gasteiger partial charge in [0.1, 0.15) is 5.82 Å². The van der Waals surface area contributed by atoms with Gasteiger partial charge in [-0.3, -0.25) is 4.98 Å². The van der Waals surface area contributed by atoms with Crippen molar-refractivity contribution in [2.24, 2.45) is 5.73 Å². The minimum absolute atomic E-state index is 0.313. The fourth-order valence-corrected chi connectivity index (χ4v) is 2.20. The van der Waals surface area contributed by atoms with Crippen molar-refractivity contribution in [3.05, 3.63) is 58.1 Å². The quantitative estimate of drug-likeness (QED) is 0.895. The van der Waals surface area contributed by atoms with Crippen LogP contribution in [0, 0.1) is 5.82 Å². The van der Waals surface area contributed by atoms with Crippen molar-refractivity contribution in [1.29, 1.82) is 0 Å². The zero-order chi connectivity index (χ0) is 12.4. The lowest BCUT2D eigenvalue weighted by Gasteiger charge is -2.15. The zero-order valence-electron chi connectivity index (χ0n) is 8.90. The second kappa shape index (κ2) is 4.81. The molecule has 0 aliphatic rings. The van der Waals surface area contributed by atoms with Crippen molar-refractivity contribution in [3.8, 4) is 0 Å². The Hall–Kier alpha value is -1.46. The van der Waals surface area contributed by atoms with Crippen LogP contribution in [0.5, 0.6) is 0 Å². The molecule has 1 unspecified atom stereocenters.